The third-order valence-electron chi connectivity index (χ3n) is 4.75. The second kappa shape index (κ2) is 8.39. The largest absolute Gasteiger partial charge is 0.490 e. The van der Waals surface area contributed by atoms with E-state index in [1.54, 1.807) is 18.2 Å². The zero-order chi connectivity index (χ0) is 21.1. The predicted molar refractivity (Wildman–Crippen MR) is 113 cm³/mol. The number of hydrogen-bond donors (Lipinski definition) is 1. The molecule has 0 aliphatic carbocycles. The van der Waals surface area contributed by atoms with Gasteiger partial charge in [-0.25, -0.2) is 0 Å². The van der Waals surface area contributed by atoms with Gasteiger partial charge in [-0.1, -0.05) is 23.8 Å². The molecule has 0 radical (unpaired) electrons. The van der Waals surface area contributed by atoms with Crippen molar-refractivity contribution >= 4 is 23.1 Å². The molecule has 152 valence electrons. The number of likely N-dealkylation sites (N-methyl/N-ethyl adjacent to an activating group) is 1. The summed E-state index contributed by atoms with van der Waals surface area (Å²) in [4.78, 5) is 26.8. The molecule has 2 amide bonds. The van der Waals surface area contributed by atoms with Crippen LogP contribution < -0.4 is 14.8 Å². The summed E-state index contributed by atoms with van der Waals surface area (Å²) in [5.41, 5.74) is 4.07. The number of amides is 2. The summed E-state index contributed by atoms with van der Waals surface area (Å²) in [6.07, 6.45) is 0. The van der Waals surface area contributed by atoms with Gasteiger partial charge in [0.25, 0.3) is 11.8 Å². The molecule has 0 aromatic heterocycles. The van der Waals surface area contributed by atoms with Gasteiger partial charge in [-0.05, 0) is 51.0 Å². The Labute approximate surface area is 171 Å². The van der Waals surface area contributed by atoms with Gasteiger partial charge in [0.2, 0.25) is 0 Å². The zero-order valence-corrected chi connectivity index (χ0v) is 17.5. The third-order valence-corrected chi connectivity index (χ3v) is 4.75. The quantitative estimate of drug-likeness (QED) is 0.721. The first-order valence-corrected chi connectivity index (χ1v) is 9.68. The molecule has 2 aromatic rings. The second-order valence-electron chi connectivity index (χ2n) is 6.89. The number of hydrogen-bond acceptors (Lipinski definition) is 5. The van der Waals surface area contributed by atoms with E-state index in [-0.39, 0.29) is 17.5 Å². The Morgan fingerprint density at radius 3 is 2.24 bits per heavy atom. The smallest absolute Gasteiger partial charge is 0.277 e. The number of carbonyl (C=O) groups is 2. The van der Waals surface area contributed by atoms with Crippen LogP contribution in [0.2, 0.25) is 0 Å². The number of nitrogens with zero attached hydrogens (tertiary/aromatic N) is 1. The molecule has 2 aromatic carbocycles. The summed E-state index contributed by atoms with van der Waals surface area (Å²) in [6, 6.07) is 11.2. The van der Waals surface area contributed by atoms with Crippen molar-refractivity contribution in [3.63, 3.8) is 0 Å². The summed E-state index contributed by atoms with van der Waals surface area (Å²) in [5, 5.41) is 3.14. The molecule has 6 heteroatoms. The molecule has 0 unspecified atom stereocenters. The van der Waals surface area contributed by atoms with Crippen molar-refractivity contribution in [1.82, 2.24) is 4.90 Å². The number of aryl methyl sites for hydroxylation is 2. The summed E-state index contributed by atoms with van der Waals surface area (Å²) < 4.78 is 11.3. The molecule has 3 rings (SSSR count). The number of carbonyl (C=O) groups excluding carboxylic acids is 2. The number of ether oxygens (including phenoxy) is 2. The van der Waals surface area contributed by atoms with E-state index >= 15 is 0 Å². The van der Waals surface area contributed by atoms with Gasteiger partial charge in [-0.3, -0.25) is 14.5 Å². The molecule has 1 N–H and O–H groups in total. The van der Waals surface area contributed by atoms with Crippen LogP contribution in [-0.4, -0.2) is 37.0 Å². The van der Waals surface area contributed by atoms with E-state index in [0.717, 1.165) is 21.6 Å². The highest BCUT2D eigenvalue weighted by atomic mass is 16.5. The third kappa shape index (κ3) is 3.97. The number of nitrogens with one attached hydrogen (secondary N) is 1. The molecule has 1 aliphatic rings. The maximum atomic E-state index is 12.8. The van der Waals surface area contributed by atoms with Crippen molar-refractivity contribution in [1.29, 1.82) is 0 Å². The van der Waals surface area contributed by atoms with Crippen molar-refractivity contribution in [2.45, 2.75) is 27.7 Å². The van der Waals surface area contributed by atoms with Crippen LogP contribution in [0, 0.1) is 13.8 Å². The topological polar surface area (TPSA) is 67.9 Å². The normalized spacial score (nSPS) is 13.9. The molecule has 0 atom stereocenters. The lowest BCUT2D eigenvalue weighted by atomic mass is 9.97. The lowest BCUT2D eigenvalue weighted by Crippen LogP contribution is -2.28. The highest BCUT2D eigenvalue weighted by Gasteiger charge is 2.37. The van der Waals surface area contributed by atoms with Gasteiger partial charge in [0, 0.05) is 18.8 Å². The van der Waals surface area contributed by atoms with Crippen molar-refractivity contribution in [2.24, 2.45) is 0 Å². The van der Waals surface area contributed by atoms with Crippen molar-refractivity contribution in [3.8, 4) is 11.5 Å². The van der Waals surface area contributed by atoms with Gasteiger partial charge >= 0.3 is 0 Å². The molecule has 0 fully saturated rings. The van der Waals surface area contributed by atoms with Crippen LogP contribution in [-0.2, 0) is 9.59 Å². The molecule has 1 heterocycles. The van der Waals surface area contributed by atoms with Crippen LogP contribution >= 0.6 is 0 Å². The zero-order valence-electron chi connectivity index (χ0n) is 17.5. The minimum absolute atomic E-state index is 0.260. The van der Waals surface area contributed by atoms with Crippen LogP contribution in [0.5, 0.6) is 11.5 Å². The van der Waals surface area contributed by atoms with Crippen LogP contribution in [0.3, 0.4) is 0 Å². The van der Waals surface area contributed by atoms with Crippen molar-refractivity contribution in [3.05, 3.63) is 58.8 Å². The maximum absolute atomic E-state index is 12.8. The molecular formula is C23H26N2O4. The standard InChI is InChI=1S/C23H26N2O4/c1-6-28-18-11-9-16(13-19(18)29-7-2)24-21-20(22(26)25(5)23(21)27)17-10-8-14(3)12-15(17)4/h8-13,24H,6-7H2,1-5H3. The van der Waals surface area contributed by atoms with E-state index in [1.807, 2.05) is 45.9 Å². The van der Waals surface area contributed by atoms with Gasteiger partial charge in [0.15, 0.2) is 11.5 Å². The molecule has 6 nitrogen and oxygen atoms in total. The Balaban J connectivity index is 2.06. The van der Waals surface area contributed by atoms with E-state index in [0.29, 0.717) is 36.0 Å². The molecule has 0 saturated heterocycles. The first kappa shape index (κ1) is 20.5. The van der Waals surface area contributed by atoms with Crippen LogP contribution in [0.15, 0.2) is 42.1 Å². The second-order valence-corrected chi connectivity index (χ2v) is 6.89. The van der Waals surface area contributed by atoms with Crippen molar-refractivity contribution in [2.75, 3.05) is 25.6 Å². The molecule has 1 aliphatic heterocycles. The lowest BCUT2D eigenvalue weighted by Gasteiger charge is -2.14. The van der Waals surface area contributed by atoms with E-state index in [9.17, 15) is 9.59 Å². The van der Waals surface area contributed by atoms with Gasteiger partial charge < -0.3 is 14.8 Å². The Morgan fingerprint density at radius 2 is 1.59 bits per heavy atom. The number of benzene rings is 2. The highest BCUT2D eigenvalue weighted by molar-refractivity contribution is 6.36. The maximum Gasteiger partial charge on any atom is 0.277 e. The fraction of sp³-hybridized carbons (Fsp3) is 0.304. The summed E-state index contributed by atoms with van der Waals surface area (Å²) in [6.45, 7) is 8.74. The SMILES string of the molecule is CCOc1ccc(NC2=C(c3ccc(C)cc3C)C(=O)N(C)C2=O)cc1OCC. The van der Waals surface area contributed by atoms with Crippen molar-refractivity contribution < 1.29 is 19.1 Å². The fourth-order valence-corrected chi connectivity index (χ4v) is 3.37. The number of anilines is 1. The predicted octanol–water partition coefficient (Wildman–Crippen LogP) is 3.92. The monoisotopic (exact) mass is 394 g/mol. The van der Waals surface area contributed by atoms with Gasteiger partial charge in [-0.2, -0.15) is 0 Å². The number of imide groups is 1. The molecular weight excluding hydrogens is 368 g/mol. The minimum atomic E-state index is -0.364. The summed E-state index contributed by atoms with van der Waals surface area (Å²) in [7, 11) is 1.49. The first-order valence-electron chi connectivity index (χ1n) is 9.68. The number of rotatable bonds is 7. The minimum Gasteiger partial charge on any atom is -0.490 e. The lowest BCUT2D eigenvalue weighted by molar-refractivity contribution is -0.135. The van der Waals surface area contributed by atoms with Crippen LogP contribution in [0.4, 0.5) is 5.69 Å². The Hall–Kier alpha value is -3.28. The fourth-order valence-electron chi connectivity index (χ4n) is 3.37. The Morgan fingerprint density at radius 1 is 0.897 bits per heavy atom. The molecule has 0 saturated carbocycles. The van der Waals surface area contributed by atoms with E-state index < -0.39 is 0 Å². The average Bonchev–Trinajstić information content (AvgIpc) is 2.88. The van der Waals surface area contributed by atoms with E-state index in [4.69, 9.17) is 9.47 Å². The first-order chi connectivity index (χ1) is 13.9. The van der Waals surface area contributed by atoms with E-state index in [2.05, 4.69) is 5.32 Å². The molecule has 29 heavy (non-hydrogen) atoms. The van der Waals surface area contributed by atoms with Gasteiger partial charge in [0.05, 0.1) is 18.8 Å². The summed E-state index contributed by atoms with van der Waals surface area (Å²) in [5.74, 6) is 0.532. The highest BCUT2D eigenvalue weighted by Crippen LogP contribution is 2.35. The summed E-state index contributed by atoms with van der Waals surface area (Å²) >= 11 is 0. The Bertz CT molecular complexity index is 994. The van der Waals surface area contributed by atoms with Crippen LogP contribution in [0.25, 0.3) is 5.57 Å². The van der Waals surface area contributed by atoms with E-state index in [1.165, 1.54) is 7.05 Å². The van der Waals surface area contributed by atoms with Crippen LogP contribution in [0.1, 0.15) is 30.5 Å². The Kier molecular flexibility index (Phi) is 5.92. The van der Waals surface area contributed by atoms with Gasteiger partial charge in [-0.15, -0.1) is 0 Å². The molecule has 0 bridgehead atoms. The van der Waals surface area contributed by atoms with Gasteiger partial charge in [0.1, 0.15) is 5.70 Å². The average molecular weight is 394 g/mol. The molecule has 0 spiro atoms.